The van der Waals surface area contributed by atoms with Gasteiger partial charge in [-0.15, -0.1) is 11.3 Å². The molecule has 0 saturated heterocycles. The van der Waals surface area contributed by atoms with Gasteiger partial charge in [-0.05, 0) is 74.6 Å². The van der Waals surface area contributed by atoms with E-state index in [0.29, 0.717) is 29.7 Å². The van der Waals surface area contributed by atoms with Gasteiger partial charge in [0.2, 0.25) is 0 Å². The Morgan fingerprint density at radius 2 is 2.00 bits per heavy atom. The SMILES string of the molecule is CCC(=O)c1ccc2c(c1)nc(-c1ncccc1F)n2[C@H]1CCC[C@@H](CC(=O)c2ccc(C)s2)C1. The number of ketones is 2. The molecule has 0 spiro atoms. The van der Waals surface area contributed by atoms with E-state index in [9.17, 15) is 14.0 Å². The summed E-state index contributed by atoms with van der Waals surface area (Å²) in [5, 5.41) is 0. The largest absolute Gasteiger partial charge is 0.319 e. The Balaban J connectivity index is 1.52. The number of benzene rings is 1. The highest BCUT2D eigenvalue weighted by Crippen LogP contribution is 2.40. The summed E-state index contributed by atoms with van der Waals surface area (Å²) in [5.41, 5.74) is 2.34. The Bertz CT molecular complexity index is 1410. The summed E-state index contributed by atoms with van der Waals surface area (Å²) >= 11 is 1.55. The normalized spacial score (nSPS) is 18.1. The van der Waals surface area contributed by atoms with Crippen LogP contribution in [0.4, 0.5) is 4.39 Å². The number of aryl methyl sites for hydroxylation is 1. The fourth-order valence-corrected chi connectivity index (χ4v) is 6.01. The Kier molecular flexibility index (Phi) is 6.60. The van der Waals surface area contributed by atoms with Crippen LogP contribution >= 0.6 is 11.3 Å². The summed E-state index contributed by atoms with van der Waals surface area (Å²) in [4.78, 5) is 36.2. The molecular weight excluding hydrogens is 461 g/mol. The Labute approximate surface area is 208 Å². The Morgan fingerprint density at radius 1 is 1.14 bits per heavy atom. The number of thiophene rings is 1. The van der Waals surface area contributed by atoms with Crippen LogP contribution in [-0.4, -0.2) is 26.1 Å². The average Bonchev–Trinajstić information content (AvgIpc) is 3.47. The molecule has 1 aromatic carbocycles. The van der Waals surface area contributed by atoms with Gasteiger partial charge in [-0.25, -0.2) is 14.4 Å². The van der Waals surface area contributed by atoms with E-state index in [1.54, 1.807) is 29.7 Å². The molecule has 180 valence electrons. The number of fused-ring (bicyclic) bond motifs is 1. The molecule has 1 aliphatic rings. The molecule has 0 bridgehead atoms. The molecule has 4 aromatic rings. The van der Waals surface area contributed by atoms with Gasteiger partial charge in [0.05, 0.1) is 15.9 Å². The summed E-state index contributed by atoms with van der Waals surface area (Å²) in [6.45, 7) is 3.85. The average molecular weight is 490 g/mol. The predicted octanol–water partition coefficient (Wildman–Crippen LogP) is 7.20. The second-order valence-electron chi connectivity index (χ2n) is 9.34. The van der Waals surface area contributed by atoms with Gasteiger partial charge in [0.15, 0.2) is 23.2 Å². The number of pyridine rings is 1. The fourth-order valence-electron chi connectivity index (χ4n) is 5.19. The van der Waals surface area contributed by atoms with Gasteiger partial charge in [-0.1, -0.05) is 13.3 Å². The lowest BCUT2D eigenvalue weighted by molar-refractivity contribution is 0.0944. The highest BCUT2D eigenvalue weighted by molar-refractivity contribution is 7.14. The van der Waals surface area contributed by atoms with Gasteiger partial charge in [-0.2, -0.15) is 0 Å². The minimum atomic E-state index is -0.426. The number of carbonyl (C=O) groups is 2. The minimum Gasteiger partial charge on any atom is -0.319 e. The van der Waals surface area contributed by atoms with Crippen molar-refractivity contribution in [1.29, 1.82) is 0 Å². The van der Waals surface area contributed by atoms with Gasteiger partial charge < -0.3 is 4.57 Å². The minimum absolute atomic E-state index is 0.0482. The van der Waals surface area contributed by atoms with E-state index in [-0.39, 0.29) is 29.2 Å². The smallest absolute Gasteiger partial charge is 0.173 e. The third-order valence-corrected chi connectivity index (χ3v) is 7.95. The molecule has 1 aliphatic carbocycles. The number of carbonyl (C=O) groups excluding carboxylic acids is 2. The van der Waals surface area contributed by atoms with Crippen molar-refractivity contribution >= 4 is 33.9 Å². The highest BCUT2D eigenvalue weighted by atomic mass is 32.1. The van der Waals surface area contributed by atoms with E-state index in [1.807, 2.05) is 38.1 Å². The summed E-state index contributed by atoms with van der Waals surface area (Å²) in [7, 11) is 0. The molecule has 7 heteroatoms. The Hall–Kier alpha value is -3.19. The van der Waals surface area contributed by atoms with Gasteiger partial charge in [0.1, 0.15) is 5.69 Å². The van der Waals surface area contributed by atoms with Crippen molar-refractivity contribution in [2.45, 2.75) is 58.4 Å². The zero-order valence-corrected chi connectivity index (χ0v) is 20.8. The molecule has 0 aliphatic heterocycles. The summed E-state index contributed by atoms with van der Waals surface area (Å²) in [6, 6.07) is 12.5. The number of nitrogens with zero attached hydrogens (tertiary/aromatic N) is 3. The molecule has 35 heavy (non-hydrogen) atoms. The summed E-state index contributed by atoms with van der Waals surface area (Å²) < 4.78 is 16.9. The lowest BCUT2D eigenvalue weighted by Gasteiger charge is -2.31. The number of aromatic nitrogens is 3. The van der Waals surface area contributed by atoms with Crippen molar-refractivity contribution in [3.8, 4) is 11.5 Å². The molecule has 0 amide bonds. The van der Waals surface area contributed by atoms with Crippen molar-refractivity contribution in [3.05, 3.63) is 69.8 Å². The predicted molar refractivity (Wildman–Crippen MR) is 137 cm³/mol. The number of halogens is 1. The topological polar surface area (TPSA) is 64.8 Å². The van der Waals surface area contributed by atoms with E-state index < -0.39 is 5.82 Å². The number of hydrogen-bond acceptors (Lipinski definition) is 5. The molecule has 2 atom stereocenters. The van der Waals surface area contributed by atoms with Crippen LogP contribution < -0.4 is 0 Å². The van der Waals surface area contributed by atoms with Crippen LogP contribution in [0.15, 0.2) is 48.7 Å². The molecule has 5 rings (SSSR count). The van der Waals surface area contributed by atoms with E-state index in [2.05, 4.69) is 9.55 Å². The molecule has 1 saturated carbocycles. The molecule has 0 N–H and O–H groups in total. The van der Waals surface area contributed by atoms with Crippen molar-refractivity contribution in [1.82, 2.24) is 14.5 Å². The molecule has 0 radical (unpaired) electrons. The maximum Gasteiger partial charge on any atom is 0.173 e. The van der Waals surface area contributed by atoms with E-state index in [0.717, 1.165) is 41.0 Å². The molecule has 3 aromatic heterocycles. The summed E-state index contributed by atoms with van der Waals surface area (Å²) in [5.74, 6) is 0.549. The first-order valence-corrected chi connectivity index (χ1v) is 13.0. The number of rotatable bonds is 7. The lowest BCUT2D eigenvalue weighted by atomic mass is 9.82. The maximum atomic E-state index is 14.8. The third-order valence-electron chi connectivity index (χ3n) is 6.91. The van der Waals surface area contributed by atoms with Crippen molar-refractivity contribution in [3.63, 3.8) is 0 Å². The second kappa shape index (κ2) is 9.82. The molecule has 1 fully saturated rings. The van der Waals surface area contributed by atoms with Crippen LogP contribution in [0.1, 0.15) is 76.4 Å². The third kappa shape index (κ3) is 4.69. The van der Waals surface area contributed by atoms with Crippen molar-refractivity contribution < 1.29 is 14.0 Å². The molecular formula is C28H28FN3O2S. The number of Topliss-reactive ketones (excluding diaryl/α,β-unsaturated/α-hetero) is 2. The maximum absolute atomic E-state index is 14.8. The van der Waals surface area contributed by atoms with Crippen molar-refractivity contribution in [2.75, 3.05) is 0 Å². The first-order chi connectivity index (χ1) is 16.9. The molecule has 0 unspecified atom stereocenters. The Morgan fingerprint density at radius 3 is 2.74 bits per heavy atom. The first kappa shape index (κ1) is 23.5. The van der Waals surface area contributed by atoms with Crippen LogP contribution in [-0.2, 0) is 0 Å². The van der Waals surface area contributed by atoms with Gasteiger partial charge in [0, 0.05) is 35.5 Å². The van der Waals surface area contributed by atoms with Crippen LogP contribution in [0.5, 0.6) is 0 Å². The molecule has 5 nitrogen and oxygen atoms in total. The molecule has 3 heterocycles. The van der Waals surface area contributed by atoms with Crippen LogP contribution in [0, 0.1) is 18.7 Å². The van der Waals surface area contributed by atoms with E-state index >= 15 is 0 Å². The lowest BCUT2D eigenvalue weighted by Crippen LogP contribution is -2.22. The van der Waals surface area contributed by atoms with E-state index in [4.69, 9.17) is 4.98 Å². The quantitative estimate of drug-likeness (QED) is 0.257. The van der Waals surface area contributed by atoms with Gasteiger partial charge in [0.25, 0.3) is 0 Å². The van der Waals surface area contributed by atoms with Crippen molar-refractivity contribution in [2.24, 2.45) is 5.92 Å². The zero-order chi connectivity index (χ0) is 24.5. The first-order valence-electron chi connectivity index (χ1n) is 12.2. The van der Waals surface area contributed by atoms with Crippen LogP contribution in [0.2, 0.25) is 0 Å². The number of hydrogen-bond donors (Lipinski definition) is 0. The highest BCUT2D eigenvalue weighted by Gasteiger charge is 2.30. The zero-order valence-electron chi connectivity index (χ0n) is 20.0. The van der Waals surface area contributed by atoms with Gasteiger partial charge >= 0.3 is 0 Å². The summed E-state index contributed by atoms with van der Waals surface area (Å²) in [6.07, 6.45) is 6.23. The standard InChI is InChI=1S/C28H28FN3O2S/c1-3-24(33)19-10-11-23-22(16-19)31-28(27-21(29)8-5-13-30-27)32(23)20-7-4-6-18(14-20)15-25(34)26-12-9-17(2)35-26/h5,8-13,16,18,20H,3-4,6-7,14-15H2,1-2H3/t18-,20+/m1/s1. The second-order valence-corrected chi connectivity index (χ2v) is 10.6. The van der Waals surface area contributed by atoms with E-state index in [1.165, 1.54) is 6.07 Å². The fraction of sp³-hybridized carbons (Fsp3) is 0.357. The van der Waals surface area contributed by atoms with Crippen LogP contribution in [0.25, 0.3) is 22.6 Å². The number of imidazole rings is 1. The van der Waals surface area contributed by atoms with Gasteiger partial charge in [-0.3, -0.25) is 9.59 Å². The monoisotopic (exact) mass is 489 g/mol. The van der Waals surface area contributed by atoms with Crippen LogP contribution in [0.3, 0.4) is 0 Å².